The van der Waals surface area contributed by atoms with Crippen LogP contribution in [0.5, 0.6) is 0 Å². The van der Waals surface area contributed by atoms with Crippen molar-refractivity contribution in [1.29, 1.82) is 0 Å². The maximum Gasteiger partial charge on any atom is 0.123 e. The summed E-state index contributed by atoms with van der Waals surface area (Å²) in [5.74, 6) is -0.264. The minimum Gasteiger partial charge on any atom is -0.355 e. The highest BCUT2D eigenvalue weighted by molar-refractivity contribution is 5.63. The maximum absolute atomic E-state index is 13.0. The molecule has 0 amide bonds. The van der Waals surface area contributed by atoms with E-state index >= 15 is 0 Å². The molecule has 2 aromatic carbocycles. The number of halogens is 1. The molecule has 0 aliphatic rings. The Hall–Kier alpha value is -1.87. The Morgan fingerprint density at radius 2 is 1.82 bits per heavy atom. The summed E-state index contributed by atoms with van der Waals surface area (Å²) < 4.78 is 13.0. The molecule has 0 atom stereocenters. The largest absolute Gasteiger partial charge is 0.355 e. The van der Waals surface area contributed by atoms with Crippen molar-refractivity contribution in [2.45, 2.75) is 13.5 Å². The first-order valence-corrected chi connectivity index (χ1v) is 5.51. The van der Waals surface area contributed by atoms with Crippen LogP contribution >= 0.6 is 0 Å². The molecule has 0 unspecified atom stereocenters. The van der Waals surface area contributed by atoms with Crippen LogP contribution in [0, 0.1) is 12.7 Å². The van der Waals surface area contributed by atoms with Crippen LogP contribution in [0.25, 0.3) is 0 Å². The van der Waals surface area contributed by atoms with Gasteiger partial charge in [-0.05, 0) is 42.8 Å². The smallest absolute Gasteiger partial charge is 0.123 e. The van der Waals surface area contributed by atoms with Gasteiger partial charge >= 0.3 is 0 Å². The normalized spacial score (nSPS) is 10.3. The van der Waals surface area contributed by atoms with Gasteiger partial charge in [0.15, 0.2) is 0 Å². The van der Waals surface area contributed by atoms with Crippen molar-refractivity contribution in [1.82, 2.24) is 0 Å². The van der Waals surface area contributed by atoms with E-state index in [9.17, 15) is 4.39 Å². The predicted molar refractivity (Wildman–Crippen MR) is 68.8 cm³/mol. The van der Waals surface area contributed by atoms with Gasteiger partial charge in [-0.1, -0.05) is 17.7 Å². The number of anilines is 2. The molecule has 0 aliphatic carbocycles. The fourth-order valence-electron chi connectivity index (χ4n) is 1.65. The molecule has 0 radical (unpaired) electrons. The third kappa shape index (κ3) is 2.82. The van der Waals surface area contributed by atoms with Crippen molar-refractivity contribution in [3.05, 3.63) is 59.4 Å². The Morgan fingerprint density at radius 3 is 2.47 bits per heavy atom. The van der Waals surface area contributed by atoms with Crippen LogP contribution in [0.3, 0.4) is 0 Å². The summed E-state index contributed by atoms with van der Waals surface area (Å²) in [6.07, 6.45) is 0. The number of benzene rings is 2. The highest BCUT2D eigenvalue weighted by Crippen LogP contribution is 2.21. The molecule has 3 N–H and O–H groups in total. The zero-order valence-electron chi connectivity index (χ0n) is 9.70. The molecule has 0 aromatic heterocycles. The summed E-state index contributed by atoms with van der Waals surface area (Å²) in [5.41, 5.74) is 9.38. The van der Waals surface area contributed by atoms with Gasteiger partial charge in [0.1, 0.15) is 5.82 Å². The standard InChI is InChI=1S/C14H15FN2/c1-10-2-5-13(6-3-10)17-14-7-4-12(15)8-11(14)9-16/h2-8,17H,9,16H2,1H3. The minimum absolute atomic E-state index is 0.264. The summed E-state index contributed by atoms with van der Waals surface area (Å²) in [4.78, 5) is 0. The summed E-state index contributed by atoms with van der Waals surface area (Å²) >= 11 is 0. The Morgan fingerprint density at radius 1 is 1.12 bits per heavy atom. The van der Waals surface area contributed by atoms with Gasteiger partial charge in [-0.15, -0.1) is 0 Å². The lowest BCUT2D eigenvalue weighted by Crippen LogP contribution is -2.02. The number of nitrogens with one attached hydrogen (secondary N) is 1. The van der Waals surface area contributed by atoms with E-state index in [-0.39, 0.29) is 5.82 Å². The number of hydrogen-bond acceptors (Lipinski definition) is 2. The lowest BCUT2D eigenvalue weighted by molar-refractivity contribution is 0.626. The zero-order valence-corrected chi connectivity index (χ0v) is 9.70. The average Bonchev–Trinajstić information content (AvgIpc) is 2.34. The van der Waals surface area contributed by atoms with Gasteiger partial charge in [0.05, 0.1) is 0 Å². The number of nitrogens with two attached hydrogens (primary N) is 1. The van der Waals surface area contributed by atoms with E-state index in [1.807, 2.05) is 31.2 Å². The van der Waals surface area contributed by atoms with Crippen molar-refractivity contribution in [2.75, 3.05) is 5.32 Å². The van der Waals surface area contributed by atoms with Gasteiger partial charge in [0.25, 0.3) is 0 Å². The Kier molecular flexibility index (Phi) is 3.40. The molecule has 0 aliphatic heterocycles. The summed E-state index contributed by atoms with van der Waals surface area (Å²) in [6.45, 7) is 2.35. The van der Waals surface area contributed by atoms with E-state index in [4.69, 9.17) is 5.73 Å². The fourth-order valence-corrected chi connectivity index (χ4v) is 1.65. The number of rotatable bonds is 3. The highest BCUT2D eigenvalue weighted by atomic mass is 19.1. The molecule has 2 nitrogen and oxygen atoms in total. The van der Waals surface area contributed by atoms with Crippen LogP contribution in [-0.4, -0.2) is 0 Å². The molecule has 0 heterocycles. The first-order valence-electron chi connectivity index (χ1n) is 5.51. The molecule has 0 saturated carbocycles. The second-order valence-corrected chi connectivity index (χ2v) is 4.00. The van der Waals surface area contributed by atoms with E-state index in [2.05, 4.69) is 5.32 Å². The maximum atomic E-state index is 13.0. The first kappa shape index (κ1) is 11.6. The van der Waals surface area contributed by atoms with Gasteiger partial charge < -0.3 is 11.1 Å². The molecule has 3 heteroatoms. The molecule has 0 saturated heterocycles. The lowest BCUT2D eigenvalue weighted by atomic mass is 10.1. The monoisotopic (exact) mass is 230 g/mol. The van der Waals surface area contributed by atoms with Gasteiger partial charge in [0, 0.05) is 17.9 Å². The van der Waals surface area contributed by atoms with Crippen molar-refractivity contribution in [2.24, 2.45) is 5.73 Å². The van der Waals surface area contributed by atoms with E-state index in [1.54, 1.807) is 6.07 Å². The van der Waals surface area contributed by atoms with Gasteiger partial charge in [-0.3, -0.25) is 0 Å². The molecule has 2 aromatic rings. The fraction of sp³-hybridized carbons (Fsp3) is 0.143. The van der Waals surface area contributed by atoms with Crippen LogP contribution in [0.4, 0.5) is 15.8 Å². The molecule has 17 heavy (non-hydrogen) atoms. The molecular weight excluding hydrogens is 215 g/mol. The first-order chi connectivity index (χ1) is 8.19. The summed E-state index contributed by atoms with van der Waals surface area (Å²) in [7, 11) is 0. The minimum atomic E-state index is -0.264. The lowest BCUT2D eigenvalue weighted by Gasteiger charge is -2.11. The molecule has 2 rings (SSSR count). The van der Waals surface area contributed by atoms with E-state index in [0.717, 1.165) is 16.9 Å². The third-order valence-corrected chi connectivity index (χ3v) is 2.62. The van der Waals surface area contributed by atoms with Crippen molar-refractivity contribution < 1.29 is 4.39 Å². The molecule has 88 valence electrons. The predicted octanol–water partition coefficient (Wildman–Crippen LogP) is 3.34. The second kappa shape index (κ2) is 4.97. The van der Waals surface area contributed by atoms with Crippen molar-refractivity contribution in [3.8, 4) is 0 Å². The van der Waals surface area contributed by atoms with Crippen LogP contribution < -0.4 is 11.1 Å². The van der Waals surface area contributed by atoms with Crippen LogP contribution in [0.2, 0.25) is 0 Å². The number of aryl methyl sites for hydroxylation is 1. The molecule has 0 fully saturated rings. The summed E-state index contributed by atoms with van der Waals surface area (Å²) in [6, 6.07) is 12.6. The highest BCUT2D eigenvalue weighted by Gasteiger charge is 2.02. The van der Waals surface area contributed by atoms with E-state index in [0.29, 0.717) is 6.54 Å². The van der Waals surface area contributed by atoms with E-state index in [1.165, 1.54) is 17.7 Å². The Balaban J connectivity index is 2.26. The van der Waals surface area contributed by atoms with Crippen LogP contribution in [-0.2, 0) is 6.54 Å². The second-order valence-electron chi connectivity index (χ2n) is 4.00. The quantitative estimate of drug-likeness (QED) is 0.848. The Labute approximate surface area is 100 Å². The van der Waals surface area contributed by atoms with Gasteiger partial charge in [-0.25, -0.2) is 4.39 Å². The average molecular weight is 230 g/mol. The van der Waals surface area contributed by atoms with Crippen molar-refractivity contribution >= 4 is 11.4 Å². The molecule has 0 spiro atoms. The molecule has 0 bridgehead atoms. The van der Waals surface area contributed by atoms with Gasteiger partial charge in [0.2, 0.25) is 0 Å². The molecular formula is C14H15FN2. The Bertz CT molecular complexity index is 506. The van der Waals surface area contributed by atoms with Crippen LogP contribution in [0.15, 0.2) is 42.5 Å². The van der Waals surface area contributed by atoms with E-state index < -0.39 is 0 Å². The topological polar surface area (TPSA) is 38.0 Å². The van der Waals surface area contributed by atoms with Crippen LogP contribution in [0.1, 0.15) is 11.1 Å². The zero-order chi connectivity index (χ0) is 12.3. The SMILES string of the molecule is Cc1ccc(Nc2ccc(F)cc2CN)cc1. The summed E-state index contributed by atoms with van der Waals surface area (Å²) in [5, 5.41) is 3.23. The van der Waals surface area contributed by atoms with Crippen molar-refractivity contribution in [3.63, 3.8) is 0 Å². The van der Waals surface area contributed by atoms with Gasteiger partial charge in [-0.2, -0.15) is 0 Å². The third-order valence-electron chi connectivity index (χ3n) is 2.62. The number of hydrogen-bond donors (Lipinski definition) is 2.